The first kappa shape index (κ1) is 25.0. The Balaban J connectivity index is 1.37. The molecular formula is C28H30ClN5O3. The number of nitrogens with zero attached hydrogens (tertiary/aromatic N) is 4. The van der Waals surface area contributed by atoms with Crippen molar-refractivity contribution in [2.24, 2.45) is 0 Å². The molecule has 0 saturated carbocycles. The molecule has 0 radical (unpaired) electrons. The van der Waals surface area contributed by atoms with Crippen LogP contribution in [0.4, 0.5) is 11.5 Å². The van der Waals surface area contributed by atoms with Gasteiger partial charge in [0, 0.05) is 35.9 Å². The van der Waals surface area contributed by atoms with E-state index in [2.05, 4.69) is 32.1 Å². The lowest BCUT2D eigenvalue weighted by atomic mass is 10.1. The number of anilines is 2. The van der Waals surface area contributed by atoms with Crippen LogP contribution in [0.3, 0.4) is 0 Å². The third-order valence-corrected chi connectivity index (χ3v) is 6.80. The number of rotatable bonds is 8. The number of aromatic nitrogens is 3. The minimum atomic E-state index is 0.144. The summed E-state index contributed by atoms with van der Waals surface area (Å²) < 4.78 is 17.9. The van der Waals surface area contributed by atoms with Crippen LogP contribution in [0.1, 0.15) is 25.5 Å². The van der Waals surface area contributed by atoms with E-state index in [4.69, 9.17) is 25.8 Å². The van der Waals surface area contributed by atoms with Gasteiger partial charge in [0.15, 0.2) is 11.5 Å². The predicted octanol–water partition coefficient (Wildman–Crippen LogP) is 6.39. The molecule has 1 saturated heterocycles. The molecule has 1 N–H and O–H groups in total. The molecule has 0 amide bonds. The summed E-state index contributed by atoms with van der Waals surface area (Å²) in [6.07, 6.45) is 5.30. The van der Waals surface area contributed by atoms with Crippen molar-refractivity contribution in [1.82, 2.24) is 19.9 Å². The maximum atomic E-state index is 6.53. The molecule has 0 unspecified atom stereocenters. The lowest BCUT2D eigenvalue weighted by molar-refractivity contribution is 0.101. The number of hydrogen-bond acceptors (Lipinski definition) is 8. The van der Waals surface area contributed by atoms with Crippen molar-refractivity contribution in [2.75, 3.05) is 32.1 Å². The summed E-state index contributed by atoms with van der Waals surface area (Å²) in [6.45, 7) is 7.26. The highest BCUT2D eigenvalue weighted by atomic mass is 35.5. The zero-order valence-corrected chi connectivity index (χ0v) is 22.0. The maximum Gasteiger partial charge on any atom is 0.162 e. The van der Waals surface area contributed by atoms with Crippen LogP contribution in [0, 0.1) is 6.92 Å². The lowest BCUT2D eigenvalue weighted by Crippen LogP contribution is -2.38. The van der Waals surface area contributed by atoms with Gasteiger partial charge >= 0.3 is 0 Å². The third-order valence-electron chi connectivity index (χ3n) is 6.50. The third kappa shape index (κ3) is 5.87. The smallest absolute Gasteiger partial charge is 0.162 e. The number of benzene rings is 2. The van der Waals surface area contributed by atoms with E-state index in [-0.39, 0.29) is 6.10 Å². The van der Waals surface area contributed by atoms with Crippen molar-refractivity contribution in [3.63, 3.8) is 0 Å². The van der Waals surface area contributed by atoms with Crippen molar-refractivity contribution < 1.29 is 14.2 Å². The summed E-state index contributed by atoms with van der Waals surface area (Å²) in [5.41, 5.74) is 2.44. The largest absolute Gasteiger partial charge is 0.493 e. The van der Waals surface area contributed by atoms with Gasteiger partial charge < -0.3 is 24.4 Å². The Morgan fingerprint density at radius 1 is 1.00 bits per heavy atom. The van der Waals surface area contributed by atoms with Gasteiger partial charge in [0.25, 0.3) is 0 Å². The van der Waals surface area contributed by atoms with Gasteiger partial charge in [-0.15, -0.1) is 0 Å². The molecular weight excluding hydrogens is 490 g/mol. The molecule has 0 atom stereocenters. The highest BCUT2D eigenvalue weighted by molar-refractivity contribution is 6.32. The van der Waals surface area contributed by atoms with Crippen LogP contribution in [0.5, 0.6) is 23.0 Å². The second kappa shape index (κ2) is 11.2. The van der Waals surface area contributed by atoms with E-state index in [9.17, 15) is 0 Å². The number of methoxy groups -OCH3 is 1. The summed E-state index contributed by atoms with van der Waals surface area (Å²) in [6, 6.07) is 13.1. The summed E-state index contributed by atoms with van der Waals surface area (Å²) >= 11 is 6.53. The first-order valence-corrected chi connectivity index (χ1v) is 12.8. The molecule has 37 heavy (non-hydrogen) atoms. The molecule has 9 heteroatoms. The Morgan fingerprint density at radius 2 is 1.84 bits per heavy atom. The van der Waals surface area contributed by atoms with Crippen molar-refractivity contribution in [3.8, 4) is 23.0 Å². The van der Waals surface area contributed by atoms with E-state index in [0.29, 0.717) is 33.8 Å². The molecule has 0 bridgehead atoms. The summed E-state index contributed by atoms with van der Waals surface area (Å²) in [7, 11) is 1.65. The van der Waals surface area contributed by atoms with Gasteiger partial charge in [-0.25, -0.2) is 9.97 Å². The molecule has 0 aliphatic carbocycles. The molecule has 1 aliphatic rings. The van der Waals surface area contributed by atoms with Gasteiger partial charge in [-0.3, -0.25) is 4.98 Å². The van der Waals surface area contributed by atoms with E-state index in [0.717, 1.165) is 54.8 Å². The standard InChI is InChI=1S/C28H30ClN5O3/c1-4-34-11-9-20(10-12-34)36-27-14-22-24(15-26(27)35-3)31-17-32-28(22)33-19-6-8-25(23(29)13-19)37-21-7-5-18(2)30-16-21/h5-8,13-17,20H,4,9-12H2,1-3H3,(H,31,32,33). The molecule has 3 heterocycles. The van der Waals surface area contributed by atoms with Crippen molar-refractivity contribution in [1.29, 1.82) is 0 Å². The minimum Gasteiger partial charge on any atom is -0.493 e. The number of halogens is 1. The monoisotopic (exact) mass is 519 g/mol. The predicted molar refractivity (Wildman–Crippen MR) is 146 cm³/mol. The summed E-state index contributed by atoms with van der Waals surface area (Å²) in [5.74, 6) is 3.16. The maximum absolute atomic E-state index is 6.53. The van der Waals surface area contributed by atoms with E-state index < -0.39 is 0 Å². The molecule has 192 valence electrons. The average Bonchev–Trinajstić information content (AvgIpc) is 2.92. The van der Waals surface area contributed by atoms with Gasteiger partial charge in [0.2, 0.25) is 0 Å². The van der Waals surface area contributed by atoms with Crippen LogP contribution in [-0.4, -0.2) is 52.7 Å². The Morgan fingerprint density at radius 3 is 2.54 bits per heavy atom. The van der Waals surface area contributed by atoms with Crippen LogP contribution >= 0.6 is 11.6 Å². The van der Waals surface area contributed by atoms with E-state index in [1.54, 1.807) is 19.4 Å². The summed E-state index contributed by atoms with van der Waals surface area (Å²) in [5, 5.41) is 4.65. The van der Waals surface area contributed by atoms with Gasteiger partial charge in [-0.1, -0.05) is 18.5 Å². The number of aryl methyl sites for hydroxylation is 1. The van der Waals surface area contributed by atoms with Crippen LogP contribution in [0.15, 0.2) is 55.0 Å². The zero-order chi connectivity index (χ0) is 25.8. The van der Waals surface area contributed by atoms with Gasteiger partial charge in [0.1, 0.15) is 29.7 Å². The fourth-order valence-electron chi connectivity index (χ4n) is 4.38. The van der Waals surface area contributed by atoms with E-state index >= 15 is 0 Å². The van der Waals surface area contributed by atoms with Crippen LogP contribution in [0.2, 0.25) is 5.02 Å². The van der Waals surface area contributed by atoms with Gasteiger partial charge in [-0.05, 0) is 62.7 Å². The van der Waals surface area contributed by atoms with Crippen LogP contribution in [-0.2, 0) is 0 Å². The second-order valence-corrected chi connectivity index (χ2v) is 9.41. The molecule has 8 nitrogen and oxygen atoms in total. The highest BCUT2D eigenvalue weighted by Gasteiger charge is 2.22. The number of likely N-dealkylation sites (tertiary alicyclic amines) is 1. The topological polar surface area (TPSA) is 81.6 Å². The Kier molecular flexibility index (Phi) is 7.58. The Hall–Kier alpha value is -3.62. The van der Waals surface area contributed by atoms with E-state index in [1.807, 2.05) is 43.3 Å². The number of hydrogen-bond donors (Lipinski definition) is 1. The fraction of sp³-hybridized carbons (Fsp3) is 0.321. The number of pyridine rings is 1. The molecule has 2 aromatic carbocycles. The Bertz CT molecular complexity index is 1370. The first-order chi connectivity index (χ1) is 18.0. The zero-order valence-electron chi connectivity index (χ0n) is 21.2. The molecule has 0 spiro atoms. The van der Waals surface area contributed by atoms with Crippen LogP contribution in [0.25, 0.3) is 10.9 Å². The van der Waals surface area contributed by atoms with Crippen molar-refractivity contribution in [3.05, 3.63) is 65.7 Å². The normalized spacial score (nSPS) is 14.5. The highest BCUT2D eigenvalue weighted by Crippen LogP contribution is 2.37. The number of fused-ring (bicyclic) bond motifs is 1. The van der Waals surface area contributed by atoms with Crippen LogP contribution < -0.4 is 19.5 Å². The Labute approximate surface area is 221 Å². The number of nitrogens with one attached hydrogen (secondary N) is 1. The SMILES string of the molecule is CCN1CCC(Oc2cc3c(Nc4ccc(Oc5ccc(C)nc5)c(Cl)c4)ncnc3cc2OC)CC1. The molecule has 4 aromatic rings. The quantitative estimate of drug-likeness (QED) is 0.286. The van der Waals surface area contributed by atoms with Crippen molar-refractivity contribution in [2.45, 2.75) is 32.8 Å². The van der Waals surface area contributed by atoms with E-state index in [1.165, 1.54) is 6.33 Å². The molecule has 2 aromatic heterocycles. The summed E-state index contributed by atoms with van der Waals surface area (Å²) in [4.78, 5) is 15.6. The minimum absolute atomic E-state index is 0.144. The van der Waals surface area contributed by atoms with Gasteiger partial charge in [0.05, 0.1) is 23.8 Å². The van der Waals surface area contributed by atoms with Crippen molar-refractivity contribution >= 4 is 34.0 Å². The molecule has 1 fully saturated rings. The average molecular weight is 520 g/mol. The molecule has 1 aliphatic heterocycles. The number of ether oxygens (including phenoxy) is 3. The second-order valence-electron chi connectivity index (χ2n) is 9.00. The first-order valence-electron chi connectivity index (χ1n) is 12.4. The number of piperidine rings is 1. The van der Waals surface area contributed by atoms with Gasteiger partial charge in [-0.2, -0.15) is 0 Å². The lowest BCUT2D eigenvalue weighted by Gasteiger charge is -2.31. The fourth-order valence-corrected chi connectivity index (χ4v) is 4.60. The molecule has 5 rings (SSSR count).